The zero-order valence-electron chi connectivity index (χ0n) is 12.6. The van der Waals surface area contributed by atoms with E-state index in [2.05, 4.69) is 19.2 Å². The molecule has 0 aromatic heterocycles. The highest BCUT2D eigenvalue weighted by molar-refractivity contribution is 5.83. The van der Waals surface area contributed by atoms with Gasteiger partial charge in [0.15, 0.2) is 0 Å². The van der Waals surface area contributed by atoms with Crippen molar-refractivity contribution in [2.24, 2.45) is 5.92 Å². The number of benzene rings is 1. The average Bonchev–Trinajstić information content (AvgIpc) is 2.48. The van der Waals surface area contributed by atoms with Crippen LogP contribution < -0.4 is 5.32 Å². The van der Waals surface area contributed by atoms with Gasteiger partial charge in [0.05, 0.1) is 5.92 Å². The number of carbonyl (C=O) groups is 1. The van der Waals surface area contributed by atoms with Crippen molar-refractivity contribution in [3.63, 3.8) is 0 Å². The number of amides is 1. The third-order valence-electron chi connectivity index (χ3n) is 3.79. The molecule has 0 fully saturated rings. The van der Waals surface area contributed by atoms with Crippen molar-refractivity contribution < 1.29 is 9.90 Å². The Hall–Kier alpha value is -1.35. The fraction of sp³-hybridized carbons (Fsp3) is 0.588. The maximum atomic E-state index is 12.4. The summed E-state index contributed by atoms with van der Waals surface area (Å²) in [4.78, 5) is 12.4. The first-order valence-corrected chi connectivity index (χ1v) is 7.64. The molecular formula is C17H27NO2. The van der Waals surface area contributed by atoms with Gasteiger partial charge in [0.2, 0.25) is 5.91 Å². The lowest BCUT2D eigenvalue weighted by Crippen LogP contribution is -2.33. The molecule has 112 valence electrons. The number of rotatable bonds is 9. The molecule has 3 heteroatoms. The largest absolute Gasteiger partial charge is 0.396 e. The van der Waals surface area contributed by atoms with Crippen molar-refractivity contribution in [3.8, 4) is 0 Å². The molecule has 0 saturated carbocycles. The Morgan fingerprint density at radius 1 is 1.20 bits per heavy atom. The van der Waals surface area contributed by atoms with Crippen LogP contribution in [0.1, 0.15) is 51.0 Å². The minimum Gasteiger partial charge on any atom is -0.396 e. The minimum absolute atomic E-state index is 0.0703. The van der Waals surface area contributed by atoms with E-state index in [0.29, 0.717) is 12.5 Å². The van der Waals surface area contributed by atoms with Crippen molar-refractivity contribution in [1.29, 1.82) is 0 Å². The Kier molecular flexibility index (Phi) is 7.97. The third-order valence-corrected chi connectivity index (χ3v) is 3.79. The summed E-state index contributed by atoms with van der Waals surface area (Å²) in [5.41, 5.74) is 1.09. The molecule has 1 amide bonds. The second kappa shape index (κ2) is 9.54. The fourth-order valence-corrected chi connectivity index (χ4v) is 2.37. The van der Waals surface area contributed by atoms with Crippen molar-refractivity contribution in [3.05, 3.63) is 35.9 Å². The second-order valence-electron chi connectivity index (χ2n) is 5.35. The normalized spacial score (nSPS) is 13.8. The minimum atomic E-state index is -0.0703. The first kappa shape index (κ1) is 16.7. The lowest BCUT2D eigenvalue weighted by molar-refractivity contribution is -0.123. The number of carbonyl (C=O) groups excluding carboxylic acids is 1. The summed E-state index contributed by atoms with van der Waals surface area (Å²) in [6, 6.07) is 10.0. The molecule has 1 rings (SSSR count). The molecule has 2 atom stereocenters. The van der Waals surface area contributed by atoms with E-state index >= 15 is 0 Å². The topological polar surface area (TPSA) is 49.3 Å². The number of hydrogen-bond acceptors (Lipinski definition) is 2. The molecule has 3 nitrogen and oxygen atoms in total. The van der Waals surface area contributed by atoms with Crippen LogP contribution in [0.25, 0.3) is 0 Å². The van der Waals surface area contributed by atoms with Crippen LogP contribution >= 0.6 is 0 Å². The van der Waals surface area contributed by atoms with Gasteiger partial charge in [-0.2, -0.15) is 0 Å². The van der Waals surface area contributed by atoms with Gasteiger partial charge in [-0.3, -0.25) is 4.79 Å². The molecule has 0 aliphatic heterocycles. The quantitative estimate of drug-likeness (QED) is 0.681. The zero-order chi connectivity index (χ0) is 14.8. The molecule has 0 heterocycles. The summed E-state index contributed by atoms with van der Waals surface area (Å²) in [6.07, 6.45) is 3.67. The molecule has 2 unspecified atom stereocenters. The van der Waals surface area contributed by atoms with Gasteiger partial charge in [0.1, 0.15) is 0 Å². The lowest BCUT2D eigenvalue weighted by Gasteiger charge is -2.22. The summed E-state index contributed by atoms with van der Waals surface area (Å²) in [5, 5.41) is 11.8. The first-order chi connectivity index (χ1) is 9.70. The molecule has 0 spiro atoms. The maximum absolute atomic E-state index is 12.4. The Morgan fingerprint density at radius 2 is 1.90 bits per heavy atom. The van der Waals surface area contributed by atoms with Gasteiger partial charge in [-0.15, -0.1) is 0 Å². The third kappa shape index (κ3) is 5.33. The van der Waals surface area contributed by atoms with Gasteiger partial charge in [0.25, 0.3) is 0 Å². The van der Waals surface area contributed by atoms with Gasteiger partial charge in [-0.1, -0.05) is 50.6 Å². The van der Waals surface area contributed by atoms with Crippen molar-refractivity contribution in [2.45, 2.75) is 45.4 Å². The van der Waals surface area contributed by atoms with Gasteiger partial charge in [-0.05, 0) is 30.7 Å². The monoisotopic (exact) mass is 277 g/mol. The summed E-state index contributed by atoms with van der Waals surface area (Å²) in [5.74, 6) is 0.378. The van der Waals surface area contributed by atoms with Gasteiger partial charge in [-0.25, -0.2) is 0 Å². The molecule has 0 saturated heterocycles. The Balaban J connectivity index is 2.58. The molecule has 2 N–H and O–H groups in total. The first-order valence-electron chi connectivity index (χ1n) is 7.64. The van der Waals surface area contributed by atoms with Crippen LogP contribution in [0.4, 0.5) is 0 Å². The summed E-state index contributed by atoms with van der Waals surface area (Å²) < 4.78 is 0. The van der Waals surface area contributed by atoms with Crippen LogP contribution in [0, 0.1) is 5.92 Å². The molecule has 20 heavy (non-hydrogen) atoms. The SMILES string of the molecule is CCC(C)C(C(=O)NCCCCCO)c1ccccc1. The smallest absolute Gasteiger partial charge is 0.227 e. The van der Waals surface area contributed by atoms with Crippen molar-refractivity contribution >= 4 is 5.91 Å². The Labute approximate surface area is 122 Å². The second-order valence-corrected chi connectivity index (χ2v) is 5.35. The van der Waals surface area contributed by atoms with Crippen LogP contribution in [0.5, 0.6) is 0 Å². The molecular weight excluding hydrogens is 250 g/mol. The summed E-state index contributed by atoms with van der Waals surface area (Å²) >= 11 is 0. The maximum Gasteiger partial charge on any atom is 0.227 e. The van der Waals surface area contributed by atoms with Crippen LogP contribution in [-0.2, 0) is 4.79 Å². The van der Waals surface area contributed by atoms with Gasteiger partial charge >= 0.3 is 0 Å². The van der Waals surface area contributed by atoms with E-state index in [1.54, 1.807) is 0 Å². The molecule has 1 aromatic carbocycles. The molecule has 0 aliphatic carbocycles. The van der Waals surface area contributed by atoms with E-state index in [-0.39, 0.29) is 18.4 Å². The Morgan fingerprint density at radius 3 is 2.50 bits per heavy atom. The van der Waals surface area contributed by atoms with Crippen LogP contribution in [0.3, 0.4) is 0 Å². The molecule has 0 bridgehead atoms. The Bertz CT molecular complexity index is 378. The van der Waals surface area contributed by atoms with Crippen molar-refractivity contribution in [1.82, 2.24) is 5.32 Å². The van der Waals surface area contributed by atoms with E-state index in [1.165, 1.54) is 0 Å². The predicted octanol–water partition coefficient (Wildman–Crippen LogP) is 3.10. The van der Waals surface area contributed by atoms with Gasteiger partial charge < -0.3 is 10.4 Å². The number of unbranched alkanes of at least 4 members (excludes halogenated alkanes) is 2. The summed E-state index contributed by atoms with van der Waals surface area (Å²) in [6.45, 7) is 5.17. The number of aliphatic hydroxyl groups is 1. The van der Waals surface area contributed by atoms with Crippen LogP contribution in [0.2, 0.25) is 0 Å². The number of hydrogen-bond donors (Lipinski definition) is 2. The zero-order valence-corrected chi connectivity index (χ0v) is 12.6. The lowest BCUT2D eigenvalue weighted by atomic mass is 9.85. The highest BCUT2D eigenvalue weighted by Gasteiger charge is 2.25. The van der Waals surface area contributed by atoms with E-state index in [1.807, 2.05) is 30.3 Å². The van der Waals surface area contributed by atoms with Crippen LogP contribution in [-0.4, -0.2) is 24.2 Å². The molecule has 0 radical (unpaired) electrons. The van der Waals surface area contributed by atoms with E-state index in [0.717, 1.165) is 31.2 Å². The van der Waals surface area contributed by atoms with E-state index < -0.39 is 0 Å². The molecule has 1 aromatic rings. The number of nitrogens with one attached hydrogen (secondary N) is 1. The standard InChI is InChI=1S/C17H27NO2/c1-3-14(2)16(15-10-6-4-7-11-15)17(20)18-12-8-5-9-13-19/h4,6-7,10-11,14,16,19H,3,5,8-9,12-13H2,1-2H3,(H,18,20). The van der Waals surface area contributed by atoms with E-state index in [9.17, 15) is 4.79 Å². The summed E-state index contributed by atoms with van der Waals surface area (Å²) in [7, 11) is 0. The van der Waals surface area contributed by atoms with E-state index in [4.69, 9.17) is 5.11 Å². The molecule has 0 aliphatic rings. The average molecular weight is 277 g/mol. The predicted molar refractivity (Wildman–Crippen MR) is 82.6 cm³/mol. The fourth-order valence-electron chi connectivity index (χ4n) is 2.37. The highest BCUT2D eigenvalue weighted by Crippen LogP contribution is 2.27. The number of aliphatic hydroxyl groups excluding tert-OH is 1. The van der Waals surface area contributed by atoms with Gasteiger partial charge in [0, 0.05) is 13.2 Å². The highest BCUT2D eigenvalue weighted by atomic mass is 16.2. The van der Waals surface area contributed by atoms with Crippen LogP contribution in [0.15, 0.2) is 30.3 Å². The van der Waals surface area contributed by atoms with Crippen molar-refractivity contribution in [2.75, 3.05) is 13.2 Å².